The molecule has 0 aromatic heterocycles. The second-order valence-corrected chi connectivity index (χ2v) is 4.29. The van der Waals surface area contributed by atoms with Gasteiger partial charge in [-0.25, -0.2) is 0 Å². The van der Waals surface area contributed by atoms with Crippen LogP contribution >= 0.6 is 0 Å². The summed E-state index contributed by atoms with van der Waals surface area (Å²) in [4.78, 5) is 21.1. The molecule has 7 heteroatoms. The lowest BCUT2D eigenvalue weighted by atomic mass is 10.1. The van der Waals surface area contributed by atoms with Crippen LogP contribution < -0.4 is 0 Å². The van der Waals surface area contributed by atoms with E-state index in [-0.39, 0.29) is 28.4 Å². The van der Waals surface area contributed by atoms with Crippen molar-refractivity contribution < 1.29 is 14.8 Å². The molecule has 0 bridgehead atoms. The first-order chi connectivity index (χ1) is 10.0. The van der Waals surface area contributed by atoms with Crippen LogP contribution in [-0.2, 0) is 0 Å². The Balaban J connectivity index is 2.45. The van der Waals surface area contributed by atoms with Gasteiger partial charge in [0, 0.05) is 6.07 Å². The van der Waals surface area contributed by atoms with Gasteiger partial charge in [-0.05, 0) is 30.7 Å². The zero-order valence-electron chi connectivity index (χ0n) is 11.1. The average molecular weight is 285 g/mol. The van der Waals surface area contributed by atoms with Gasteiger partial charge in [0.25, 0.3) is 5.69 Å². The third kappa shape index (κ3) is 3.08. The number of phenols is 1. The van der Waals surface area contributed by atoms with Crippen molar-refractivity contribution in [1.29, 1.82) is 0 Å². The van der Waals surface area contributed by atoms with E-state index in [1.54, 1.807) is 13.0 Å². The molecule has 7 nitrogen and oxygen atoms in total. The monoisotopic (exact) mass is 285 g/mol. The van der Waals surface area contributed by atoms with Crippen LogP contribution in [0.25, 0.3) is 0 Å². The van der Waals surface area contributed by atoms with Crippen molar-refractivity contribution in [3.05, 3.63) is 57.6 Å². The summed E-state index contributed by atoms with van der Waals surface area (Å²) in [5, 5.41) is 28.3. The van der Waals surface area contributed by atoms with Crippen molar-refractivity contribution in [2.24, 2.45) is 10.2 Å². The Hall–Kier alpha value is -3.09. The van der Waals surface area contributed by atoms with Gasteiger partial charge in [0.1, 0.15) is 5.69 Å². The average Bonchev–Trinajstić information content (AvgIpc) is 2.47. The number of nitro groups is 1. The smallest absolute Gasteiger partial charge is 0.296 e. The number of azo groups is 1. The van der Waals surface area contributed by atoms with Crippen molar-refractivity contribution in [2.45, 2.75) is 6.92 Å². The minimum atomic E-state index is -0.568. The van der Waals surface area contributed by atoms with Crippen molar-refractivity contribution >= 4 is 23.3 Å². The van der Waals surface area contributed by atoms with Gasteiger partial charge >= 0.3 is 0 Å². The summed E-state index contributed by atoms with van der Waals surface area (Å²) in [6.45, 7) is 1.73. The number of aromatic hydroxyl groups is 1. The lowest BCUT2D eigenvalue weighted by Crippen LogP contribution is -1.87. The van der Waals surface area contributed by atoms with Crippen LogP contribution in [0.3, 0.4) is 0 Å². The van der Waals surface area contributed by atoms with E-state index in [0.29, 0.717) is 11.8 Å². The molecular weight excluding hydrogens is 274 g/mol. The van der Waals surface area contributed by atoms with Gasteiger partial charge in [0.2, 0.25) is 0 Å². The number of aryl methyl sites for hydroxylation is 1. The molecule has 2 rings (SSSR count). The molecule has 21 heavy (non-hydrogen) atoms. The molecule has 0 unspecified atom stereocenters. The van der Waals surface area contributed by atoms with E-state index in [1.807, 2.05) is 0 Å². The van der Waals surface area contributed by atoms with Gasteiger partial charge in [-0.3, -0.25) is 14.9 Å². The summed E-state index contributed by atoms with van der Waals surface area (Å²) in [5.74, 6) is -0.307. The van der Waals surface area contributed by atoms with E-state index in [1.165, 1.54) is 30.3 Å². The van der Waals surface area contributed by atoms with Gasteiger partial charge in [-0.1, -0.05) is 12.1 Å². The number of hydrogen-bond donors (Lipinski definition) is 1. The molecule has 0 radical (unpaired) electrons. The van der Waals surface area contributed by atoms with E-state index in [2.05, 4.69) is 10.2 Å². The van der Waals surface area contributed by atoms with Crippen LogP contribution in [0.2, 0.25) is 0 Å². The highest BCUT2D eigenvalue weighted by atomic mass is 16.6. The van der Waals surface area contributed by atoms with E-state index >= 15 is 0 Å². The molecule has 0 atom stereocenters. The fraction of sp³-hybridized carbons (Fsp3) is 0.0714. The third-order valence-corrected chi connectivity index (χ3v) is 2.73. The van der Waals surface area contributed by atoms with Crippen molar-refractivity contribution in [1.82, 2.24) is 0 Å². The number of para-hydroxylation sites is 1. The van der Waals surface area contributed by atoms with Crippen LogP contribution in [0.5, 0.6) is 5.75 Å². The molecule has 0 saturated heterocycles. The molecule has 106 valence electrons. The number of benzene rings is 2. The van der Waals surface area contributed by atoms with Gasteiger partial charge in [0.15, 0.2) is 17.7 Å². The number of nitrogens with zero attached hydrogens (tertiary/aromatic N) is 3. The van der Waals surface area contributed by atoms with Crippen LogP contribution in [0.15, 0.2) is 46.6 Å². The summed E-state index contributed by atoms with van der Waals surface area (Å²) < 4.78 is 0. The van der Waals surface area contributed by atoms with E-state index in [0.717, 1.165) is 0 Å². The number of rotatable bonds is 4. The number of carbonyl (C=O) groups excluding carboxylic acids is 1. The Morgan fingerprint density at radius 1 is 1.19 bits per heavy atom. The largest absolute Gasteiger partial charge is 0.505 e. The quantitative estimate of drug-likeness (QED) is 0.398. The number of phenolic OH excluding ortho intramolecular Hbond substituents is 1. The van der Waals surface area contributed by atoms with Crippen molar-refractivity contribution in [3.8, 4) is 5.75 Å². The number of nitro benzene ring substituents is 1. The summed E-state index contributed by atoms with van der Waals surface area (Å²) in [5.41, 5.74) is 0.758. The highest BCUT2D eigenvalue weighted by Crippen LogP contribution is 2.34. The molecule has 1 N–H and O–H groups in total. The Kier molecular flexibility index (Phi) is 4.03. The number of hydrogen-bond acceptors (Lipinski definition) is 6. The molecule has 0 heterocycles. The first-order valence-corrected chi connectivity index (χ1v) is 5.97. The molecule has 0 aliphatic rings. The summed E-state index contributed by atoms with van der Waals surface area (Å²) in [6, 6.07) is 8.89. The van der Waals surface area contributed by atoms with Crippen molar-refractivity contribution in [2.75, 3.05) is 0 Å². The highest BCUT2D eigenvalue weighted by molar-refractivity contribution is 5.83. The van der Waals surface area contributed by atoms with Gasteiger partial charge in [-0.2, -0.15) is 0 Å². The predicted octanol–water partition coefficient (Wildman–Crippen LogP) is 3.84. The molecule has 0 fully saturated rings. The molecule has 0 amide bonds. The van der Waals surface area contributed by atoms with E-state index in [4.69, 9.17) is 0 Å². The fourth-order valence-electron chi connectivity index (χ4n) is 1.76. The minimum Gasteiger partial charge on any atom is -0.505 e. The Morgan fingerprint density at radius 2 is 1.86 bits per heavy atom. The van der Waals surface area contributed by atoms with Gasteiger partial charge in [0.05, 0.1) is 10.5 Å². The standard InChI is InChI=1S/C14H11N3O4/c1-9-6-10(8-18)14(19)12(7-9)16-15-11-4-2-3-5-13(11)17(20)21/h2-8,19H,1H3. The van der Waals surface area contributed by atoms with Gasteiger partial charge < -0.3 is 5.11 Å². The molecule has 2 aromatic carbocycles. The minimum absolute atomic E-state index is 0.0658. The zero-order chi connectivity index (χ0) is 15.4. The second-order valence-electron chi connectivity index (χ2n) is 4.29. The van der Waals surface area contributed by atoms with Crippen LogP contribution in [-0.4, -0.2) is 16.3 Å². The maximum Gasteiger partial charge on any atom is 0.296 e. The van der Waals surface area contributed by atoms with E-state index in [9.17, 15) is 20.0 Å². The lowest BCUT2D eigenvalue weighted by Gasteiger charge is -2.03. The molecule has 0 spiro atoms. The zero-order valence-corrected chi connectivity index (χ0v) is 11.1. The Labute approximate surface area is 119 Å². The fourth-order valence-corrected chi connectivity index (χ4v) is 1.76. The van der Waals surface area contributed by atoms with E-state index < -0.39 is 4.92 Å². The Bertz CT molecular complexity index is 741. The number of aldehydes is 1. The van der Waals surface area contributed by atoms with Gasteiger partial charge in [-0.15, -0.1) is 10.2 Å². The normalized spacial score (nSPS) is 10.7. The highest BCUT2D eigenvalue weighted by Gasteiger charge is 2.12. The summed E-state index contributed by atoms with van der Waals surface area (Å²) >= 11 is 0. The first-order valence-electron chi connectivity index (χ1n) is 5.97. The predicted molar refractivity (Wildman–Crippen MR) is 75.5 cm³/mol. The van der Waals surface area contributed by atoms with Crippen LogP contribution in [0, 0.1) is 17.0 Å². The second kappa shape index (κ2) is 5.91. The topological polar surface area (TPSA) is 105 Å². The SMILES string of the molecule is Cc1cc(C=O)c(O)c(N=Nc2ccccc2[N+](=O)[O-])c1. The maximum atomic E-state index is 10.9. The summed E-state index contributed by atoms with van der Waals surface area (Å²) in [6.07, 6.45) is 0.506. The molecule has 2 aromatic rings. The first kappa shape index (κ1) is 14.3. The molecule has 0 aliphatic carbocycles. The lowest BCUT2D eigenvalue weighted by molar-refractivity contribution is -0.384. The maximum absolute atomic E-state index is 10.9. The number of carbonyl (C=O) groups is 1. The molecule has 0 saturated carbocycles. The Morgan fingerprint density at radius 3 is 2.52 bits per heavy atom. The summed E-state index contributed by atoms with van der Waals surface area (Å²) in [7, 11) is 0. The van der Waals surface area contributed by atoms with Crippen LogP contribution in [0.1, 0.15) is 15.9 Å². The molecular formula is C14H11N3O4. The molecule has 0 aliphatic heterocycles. The third-order valence-electron chi connectivity index (χ3n) is 2.73. The van der Waals surface area contributed by atoms with Crippen molar-refractivity contribution in [3.63, 3.8) is 0 Å². The van der Waals surface area contributed by atoms with Crippen LogP contribution in [0.4, 0.5) is 17.1 Å².